The summed E-state index contributed by atoms with van der Waals surface area (Å²) in [4.78, 5) is 14.9. The Morgan fingerprint density at radius 3 is 2.25 bits per heavy atom. The van der Waals surface area contributed by atoms with Crippen LogP contribution in [-0.2, 0) is 11.3 Å². The molecule has 0 heterocycles. The van der Waals surface area contributed by atoms with E-state index < -0.39 is 0 Å². The number of carbonyl (C=O) groups excluding carboxylic acids is 1. The Morgan fingerprint density at radius 1 is 0.944 bits per heavy atom. The molecule has 0 fully saturated rings. The zero-order valence-electron chi connectivity index (χ0n) is 22.5. The van der Waals surface area contributed by atoms with Gasteiger partial charge < -0.3 is 25.0 Å². The summed E-state index contributed by atoms with van der Waals surface area (Å²) in [5.74, 6) is 0.689. The largest absolute Gasteiger partial charge is 0.490 e. The number of aryl methyl sites for hydroxylation is 1. The number of ether oxygens (including phenoxy) is 2. The van der Waals surface area contributed by atoms with Gasteiger partial charge in [-0.1, -0.05) is 56.0 Å². The van der Waals surface area contributed by atoms with Crippen LogP contribution >= 0.6 is 11.6 Å². The Labute approximate surface area is 222 Å². The van der Waals surface area contributed by atoms with Gasteiger partial charge in [0.2, 0.25) is 0 Å². The van der Waals surface area contributed by atoms with Crippen LogP contribution in [0.2, 0.25) is 5.02 Å². The number of unbranched alkanes of at least 4 members (excludes halogenated alkanes) is 2. The highest BCUT2D eigenvalue weighted by Gasteiger charge is 2.15. The Hall–Kier alpha value is -2.28. The molecule has 0 aliphatic rings. The lowest BCUT2D eigenvalue weighted by molar-refractivity contribution is -0.118. The number of hydrogen-bond acceptors (Lipinski definition) is 5. The van der Waals surface area contributed by atoms with Crippen LogP contribution in [0.15, 0.2) is 36.4 Å². The van der Waals surface area contributed by atoms with Gasteiger partial charge in [0.1, 0.15) is 0 Å². The SMILES string of the molecule is CCCCN(CCCC)CCCNCc1cc(Cl)c(OCC(=O)Nc2ccc(C)cc2)c(OCC)c1. The maximum atomic E-state index is 12.4. The summed E-state index contributed by atoms with van der Waals surface area (Å²) < 4.78 is 11.6. The van der Waals surface area contributed by atoms with Gasteiger partial charge in [-0.05, 0) is 89.1 Å². The highest BCUT2D eigenvalue weighted by molar-refractivity contribution is 6.32. The molecule has 6 nitrogen and oxygen atoms in total. The molecule has 2 N–H and O–H groups in total. The lowest BCUT2D eigenvalue weighted by atomic mass is 10.2. The minimum atomic E-state index is -0.255. The van der Waals surface area contributed by atoms with E-state index in [2.05, 4.69) is 29.4 Å². The maximum Gasteiger partial charge on any atom is 0.262 e. The fourth-order valence-corrected chi connectivity index (χ4v) is 4.15. The second kappa shape index (κ2) is 17.2. The smallest absolute Gasteiger partial charge is 0.262 e. The van der Waals surface area contributed by atoms with E-state index in [0.717, 1.165) is 36.3 Å². The molecule has 0 unspecified atom stereocenters. The van der Waals surface area contributed by atoms with Crippen LogP contribution < -0.4 is 20.1 Å². The predicted molar refractivity (Wildman–Crippen MR) is 151 cm³/mol. The van der Waals surface area contributed by atoms with Gasteiger partial charge in [-0.15, -0.1) is 0 Å². The Bertz CT molecular complexity index is 897. The van der Waals surface area contributed by atoms with E-state index in [1.54, 1.807) is 0 Å². The molecular formula is C29H44ClN3O3. The molecule has 200 valence electrons. The van der Waals surface area contributed by atoms with Gasteiger partial charge in [0.25, 0.3) is 5.91 Å². The predicted octanol–water partition coefficient (Wildman–Crippen LogP) is 6.45. The van der Waals surface area contributed by atoms with Crippen LogP contribution in [-0.4, -0.2) is 50.2 Å². The van der Waals surface area contributed by atoms with Crippen molar-refractivity contribution in [3.63, 3.8) is 0 Å². The molecule has 0 saturated carbocycles. The van der Waals surface area contributed by atoms with Gasteiger partial charge in [0.15, 0.2) is 18.1 Å². The number of rotatable bonds is 18. The highest BCUT2D eigenvalue weighted by atomic mass is 35.5. The summed E-state index contributed by atoms with van der Waals surface area (Å²) in [6.07, 6.45) is 6.11. The van der Waals surface area contributed by atoms with Crippen LogP contribution in [0.5, 0.6) is 11.5 Å². The highest BCUT2D eigenvalue weighted by Crippen LogP contribution is 2.36. The fourth-order valence-electron chi connectivity index (χ4n) is 3.86. The molecule has 1 amide bonds. The monoisotopic (exact) mass is 517 g/mol. The second-order valence-electron chi connectivity index (χ2n) is 9.12. The van der Waals surface area contributed by atoms with Crippen LogP contribution in [0.25, 0.3) is 0 Å². The second-order valence-corrected chi connectivity index (χ2v) is 9.53. The van der Waals surface area contributed by atoms with Gasteiger partial charge in [-0.3, -0.25) is 4.79 Å². The van der Waals surface area contributed by atoms with Crippen LogP contribution in [0.1, 0.15) is 64.0 Å². The number of nitrogens with one attached hydrogen (secondary N) is 2. The summed E-state index contributed by atoms with van der Waals surface area (Å²) in [5, 5.41) is 6.79. The van der Waals surface area contributed by atoms with Crippen molar-refractivity contribution < 1.29 is 14.3 Å². The number of carbonyl (C=O) groups is 1. The maximum absolute atomic E-state index is 12.4. The van der Waals surface area contributed by atoms with E-state index in [4.69, 9.17) is 21.1 Å². The summed E-state index contributed by atoms with van der Waals surface area (Å²) in [6, 6.07) is 11.4. The molecule has 0 saturated heterocycles. The average molecular weight is 518 g/mol. The van der Waals surface area contributed by atoms with Gasteiger partial charge >= 0.3 is 0 Å². The molecule has 7 heteroatoms. The average Bonchev–Trinajstić information content (AvgIpc) is 2.86. The number of nitrogens with zero attached hydrogens (tertiary/aromatic N) is 1. The van der Waals surface area contributed by atoms with Crippen molar-refractivity contribution in [3.05, 3.63) is 52.5 Å². The zero-order chi connectivity index (χ0) is 26.2. The molecule has 0 aromatic heterocycles. The fraction of sp³-hybridized carbons (Fsp3) is 0.552. The Kier molecular flexibility index (Phi) is 14.3. The van der Waals surface area contributed by atoms with E-state index in [0.29, 0.717) is 29.7 Å². The van der Waals surface area contributed by atoms with Crippen molar-refractivity contribution >= 4 is 23.2 Å². The molecule has 0 radical (unpaired) electrons. The molecule has 0 atom stereocenters. The normalized spacial score (nSPS) is 11.1. The first-order valence-corrected chi connectivity index (χ1v) is 13.7. The van der Waals surface area contributed by atoms with Crippen molar-refractivity contribution in [1.82, 2.24) is 10.2 Å². The molecular weight excluding hydrogens is 474 g/mol. The quantitative estimate of drug-likeness (QED) is 0.222. The topological polar surface area (TPSA) is 62.8 Å². The molecule has 2 aromatic rings. The molecule has 0 spiro atoms. The van der Waals surface area contributed by atoms with Crippen LogP contribution in [0.3, 0.4) is 0 Å². The van der Waals surface area contributed by atoms with Gasteiger partial charge in [-0.2, -0.15) is 0 Å². The zero-order valence-corrected chi connectivity index (χ0v) is 23.3. The first kappa shape index (κ1) is 29.9. The van der Waals surface area contributed by atoms with Crippen molar-refractivity contribution in [1.29, 1.82) is 0 Å². The van der Waals surface area contributed by atoms with Crippen molar-refractivity contribution in [3.8, 4) is 11.5 Å². The molecule has 2 aromatic carbocycles. The van der Waals surface area contributed by atoms with E-state index in [1.807, 2.05) is 50.2 Å². The Balaban J connectivity index is 1.86. The summed E-state index contributed by atoms with van der Waals surface area (Å²) >= 11 is 6.54. The van der Waals surface area contributed by atoms with E-state index in [9.17, 15) is 4.79 Å². The van der Waals surface area contributed by atoms with E-state index >= 15 is 0 Å². The molecule has 0 aliphatic carbocycles. The number of hydrogen-bond donors (Lipinski definition) is 2. The third-order valence-electron chi connectivity index (χ3n) is 5.86. The minimum Gasteiger partial charge on any atom is -0.490 e. The standard InChI is InChI=1S/C29H44ClN3O3/c1-5-8-16-33(17-9-6-2)18-10-15-31-21-24-19-26(30)29(27(20-24)35-7-3)36-22-28(34)32-25-13-11-23(4)12-14-25/h11-14,19-20,31H,5-10,15-18,21-22H2,1-4H3,(H,32,34). The summed E-state index contributed by atoms with van der Waals surface area (Å²) in [7, 11) is 0. The first-order valence-electron chi connectivity index (χ1n) is 13.3. The molecule has 36 heavy (non-hydrogen) atoms. The molecule has 0 bridgehead atoms. The lowest BCUT2D eigenvalue weighted by Crippen LogP contribution is -2.29. The van der Waals surface area contributed by atoms with Gasteiger partial charge in [-0.25, -0.2) is 0 Å². The lowest BCUT2D eigenvalue weighted by Gasteiger charge is -2.22. The van der Waals surface area contributed by atoms with Crippen LogP contribution in [0, 0.1) is 6.92 Å². The van der Waals surface area contributed by atoms with Gasteiger partial charge in [0, 0.05) is 12.2 Å². The third-order valence-corrected chi connectivity index (χ3v) is 6.15. The first-order chi connectivity index (χ1) is 17.5. The number of benzene rings is 2. The van der Waals surface area contributed by atoms with Crippen LogP contribution in [0.4, 0.5) is 5.69 Å². The number of halogens is 1. The Morgan fingerprint density at radius 2 is 1.61 bits per heavy atom. The van der Waals surface area contributed by atoms with Gasteiger partial charge in [0.05, 0.1) is 11.6 Å². The van der Waals surface area contributed by atoms with Crippen molar-refractivity contribution in [2.45, 2.75) is 66.3 Å². The molecule has 0 aliphatic heterocycles. The third kappa shape index (κ3) is 11.2. The van der Waals surface area contributed by atoms with E-state index in [-0.39, 0.29) is 12.5 Å². The summed E-state index contributed by atoms with van der Waals surface area (Å²) in [6.45, 7) is 13.9. The minimum absolute atomic E-state index is 0.155. The number of anilines is 1. The number of amides is 1. The van der Waals surface area contributed by atoms with Crippen molar-refractivity contribution in [2.24, 2.45) is 0 Å². The molecule has 2 rings (SSSR count). The van der Waals surface area contributed by atoms with E-state index in [1.165, 1.54) is 38.8 Å². The summed E-state index contributed by atoms with van der Waals surface area (Å²) in [5.41, 5.74) is 2.88. The van der Waals surface area contributed by atoms with Crippen molar-refractivity contribution in [2.75, 3.05) is 44.7 Å².